The first-order chi connectivity index (χ1) is 13.7. The Kier molecular flexibility index (Phi) is 4.02. The molecule has 5 rings (SSSR count). The quantitative estimate of drug-likeness (QED) is 0.576. The normalized spacial score (nSPS) is 12.3. The summed E-state index contributed by atoms with van der Waals surface area (Å²) in [7, 11) is 0. The molecule has 7 heteroatoms. The number of hydrogen-bond acceptors (Lipinski definition) is 5. The summed E-state index contributed by atoms with van der Waals surface area (Å²) in [5.41, 5.74) is 6.49. The van der Waals surface area contributed by atoms with Crippen LogP contribution in [0.3, 0.4) is 0 Å². The van der Waals surface area contributed by atoms with Crippen LogP contribution in [0.1, 0.15) is 26.4 Å². The predicted molar refractivity (Wildman–Crippen MR) is 109 cm³/mol. The largest absolute Gasteiger partial charge is 0.321 e. The number of carbonyl (C=O) groups excluding carboxylic acids is 1. The van der Waals surface area contributed by atoms with Crippen LogP contribution in [0.4, 0.5) is 5.69 Å². The summed E-state index contributed by atoms with van der Waals surface area (Å²) in [6, 6.07) is 16.2. The Balaban J connectivity index is 1.40. The van der Waals surface area contributed by atoms with E-state index in [1.54, 1.807) is 22.3 Å². The number of amides is 1. The molecule has 0 atom stereocenters. The molecule has 1 aliphatic rings. The molecule has 0 spiro atoms. The van der Waals surface area contributed by atoms with Gasteiger partial charge in [-0.05, 0) is 76.7 Å². The molecule has 28 heavy (non-hydrogen) atoms. The van der Waals surface area contributed by atoms with Crippen LogP contribution in [0.25, 0.3) is 16.1 Å². The second kappa shape index (κ2) is 6.69. The summed E-state index contributed by atoms with van der Waals surface area (Å²) < 4.78 is 1.60. The number of benzene rings is 2. The number of hydrogen-bond donors (Lipinski definition) is 1. The zero-order valence-electron chi connectivity index (χ0n) is 15.2. The van der Waals surface area contributed by atoms with Crippen molar-refractivity contribution >= 4 is 22.9 Å². The number of anilines is 1. The molecule has 0 radical (unpaired) electrons. The minimum Gasteiger partial charge on any atom is -0.321 e. The second-order valence-electron chi connectivity index (χ2n) is 6.83. The molecule has 138 valence electrons. The van der Waals surface area contributed by atoms with Crippen molar-refractivity contribution in [3.05, 3.63) is 76.4 Å². The Morgan fingerprint density at radius 2 is 1.96 bits per heavy atom. The molecule has 2 heterocycles. The van der Waals surface area contributed by atoms with Gasteiger partial charge in [-0.1, -0.05) is 24.3 Å². The maximum atomic E-state index is 12.8. The number of carbonyl (C=O) groups is 1. The first-order valence-electron chi connectivity index (χ1n) is 9.05. The highest BCUT2D eigenvalue weighted by atomic mass is 32.1. The number of nitrogens with one attached hydrogen (secondary N) is 1. The van der Waals surface area contributed by atoms with Crippen LogP contribution in [0, 0.1) is 6.92 Å². The van der Waals surface area contributed by atoms with E-state index in [2.05, 4.69) is 45.1 Å². The molecule has 1 amide bonds. The lowest BCUT2D eigenvalue weighted by Crippen LogP contribution is -2.10. The van der Waals surface area contributed by atoms with Gasteiger partial charge in [-0.3, -0.25) is 4.79 Å². The summed E-state index contributed by atoms with van der Waals surface area (Å²) >= 11 is 1.57. The van der Waals surface area contributed by atoms with Crippen LogP contribution >= 0.6 is 11.3 Å². The van der Waals surface area contributed by atoms with Crippen LogP contribution in [0.5, 0.6) is 0 Å². The van der Waals surface area contributed by atoms with Gasteiger partial charge in [0.2, 0.25) is 0 Å². The van der Waals surface area contributed by atoms with Gasteiger partial charge in [0, 0.05) is 10.6 Å². The number of nitrogens with zero attached hydrogens (tertiary/aromatic N) is 4. The molecule has 6 nitrogen and oxygen atoms in total. The van der Waals surface area contributed by atoms with Crippen molar-refractivity contribution < 1.29 is 4.79 Å². The Hall–Kier alpha value is -3.32. The first kappa shape index (κ1) is 16.8. The molecule has 2 aromatic carbocycles. The summed E-state index contributed by atoms with van der Waals surface area (Å²) in [6.07, 6.45) is 3.56. The molecule has 0 aliphatic heterocycles. The molecule has 0 fully saturated rings. The van der Waals surface area contributed by atoms with Crippen molar-refractivity contribution in [3.8, 4) is 16.1 Å². The minimum atomic E-state index is -0.0774. The van der Waals surface area contributed by atoms with Gasteiger partial charge in [0.1, 0.15) is 6.33 Å². The Labute approximate surface area is 165 Å². The third-order valence-corrected chi connectivity index (χ3v) is 6.22. The van der Waals surface area contributed by atoms with Crippen LogP contribution in [0.2, 0.25) is 0 Å². The lowest BCUT2D eigenvalue weighted by Gasteiger charge is -2.15. The topological polar surface area (TPSA) is 72.7 Å². The van der Waals surface area contributed by atoms with E-state index in [-0.39, 0.29) is 5.91 Å². The summed E-state index contributed by atoms with van der Waals surface area (Å²) in [6.45, 7) is 1.97. The Bertz CT molecular complexity index is 1180. The lowest BCUT2D eigenvalue weighted by atomic mass is 9.91. The molecule has 1 aliphatic carbocycles. The third-order valence-electron chi connectivity index (χ3n) is 5.01. The molecule has 1 N–H and O–H groups in total. The predicted octanol–water partition coefficient (Wildman–Crippen LogP) is 4.05. The SMILES string of the molecule is Cc1cc(NC(=O)c2cc3c(s2)-c2ccccc2CC3)ccc1-n1cnnn1. The summed E-state index contributed by atoms with van der Waals surface area (Å²) in [4.78, 5) is 14.8. The number of rotatable bonds is 3. The van der Waals surface area contributed by atoms with E-state index in [0.717, 1.165) is 34.7 Å². The maximum Gasteiger partial charge on any atom is 0.265 e. The fraction of sp³-hybridized carbons (Fsp3) is 0.143. The molecule has 0 saturated carbocycles. The third kappa shape index (κ3) is 2.90. The highest BCUT2D eigenvalue weighted by Gasteiger charge is 2.21. The van der Waals surface area contributed by atoms with E-state index in [1.807, 2.05) is 31.2 Å². The zero-order valence-corrected chi connectivity index (χ0v) is 16.0. The monoisotopic (exact) mass is 387 g/mol. The van der Waals surface area contributed by atoms with Crippen LogP contribution in [-0.2, 0) is 12.8 Å². The fourth-order valence-corrected chi connectivity index (χ4v) is 4.80. The smallest absolute Gasteiger partial charge is 0.265 e. The average molecular weight is 387 g/mol. The molecular weight excluding hydrogens is 370 g/mol. The number of tetrazole rings is 1. The molecule has 0 bridgehead atoms. The van der Waals surface area contributed by atoms with Gasteiger partial charge in [-0.25, -0.2) is 4.68 Å². The van der Waals surface area contributed by atoms with E-state index in [0.29, 0.717) is 0 Å². The van der Waals surface area contributed by atoms with Crippen LogP contribution in [-0.4, -0.2) is 26.1 Å². The van der Waals surface area contributed by atoms with Gasteiger partial charge >= 0.3 is 0 Å². The maximum absolute atomic E-state index is 12.8. The van der Waals surface area contributed by atoms with Gasteiger partial charge in [0.15, 0.2) is 0 Å². The van der Waals surface area contributed by atoms with Crippen molar-refractivity contribution in [1.82, 2.24) is 20.2 Å². The van der Waals surface area contributed by atoms with E-state index < -0.39 is 0 Å². The lowest BCUT2D eigenvalue weighted by molar-refractivity contribution is 0.103. The number of aromatic nitrogens is 4. The van der Waals surface area contributed by atoms with E-state index >= 15 is 0 Å². The van der Waals surface area contributed by atoms with Crippen molar-refractivity contribution in [2.75, 3.05) is 5.32 Å². The standard InChI is InChI=1S/C21H17N5OS/c1-13-10-16(8-9-18(13)26-12-22-24-25-26)23-21(27)19-11-15-7-6-14-4-2-3-5-17(14)20(15)28-19/h2-5,8-12H,6-7H2,1H3,(H,23,27). The number of thiophene rings is 1. The molecule has 0 unspecified atom stereocenters. The van der Waals surface area contributed by atoms with Gasteiger partial charge in [0.25, 0.3) is 5.91 Å². The highest BCUT2D eigenvalue weighted by molar-refractivity contribution is 7.17. The van der Waals surface area contributed by atoms with E-state index in [9.17, 15) is 4.79 Å². The zero-order chi connectivity index (χ0) is 19.1. The summed E-state index contributed by atoms with van der Waals surface area (Å²) in [5.74, 6) is -0.0774. The average Bonchev–Trinajstić information content (AvgIpc) is 3.38. The second-order valence-corrected chi connectivity index (χ2v) is 7.88. The Morgan fingerprint density at radius 1 is 1.11 bits per heavy atom. The van der Waals surface area contributed by atoms with Crippen molar-refractivity contribution in [2.24, 2.45) is 0 Å². The van der Waals surface area contributed by atoms with Gasteiger partial charge < -0.3 is 5.32 Å². The van der Waals surface area contributed by atoms with E-state index in [1.165, 1.54) is 21.6 Å². The number of fused-ring (bicyclic) bond motifs is 3. The molecule has 2 aromatic heterocycles. The van der Waals surface area contributed by atoms with Gasteiger partial charge in [-0.2, -0.15) is 0 Å². The number of aryl methyl sites for hydroxylation is 3. The molecule has 0 saturated heterocycles. The fourth-order valence-electron chi connectivity index (χ4n) is 3.64. The minimum absolute atomic E-state index is 0.0774. The van der Waals surface area contributed by atoms with Gasteiger partial charge in [0.05, 0.1) is 10.6 Å². The van der Waals surface area contributed by atoms with Crippen molar-refractivity contribution in [3.63, 3.8) is 0 Å². The molecule has 4 aromatic rings. The highest BCUT2D eigenvalue weighted by Crippen LogP contribution is 2.39. The van der Waals surface area contributed by atoms with Crippen molar-refractivity contribution in [1.29, 1.82) is 0 Å². The van der Waals surface area contributed by atoms with E-state index in [4.69, 9.17) is 0 Å². The van der Waals surface area contributed by atoms with Crippen LogP contribution in [0.15, 0.2) is 54.9 Å². The Morgan fingerprint density at radius 3 is 2.79 bits per heavy atom. The van der Waals surface area contributed by atoms with Gasteiger partial charge in [-0.15, -0.1) is 16.4 Å². The van der Waals surface area contributed by atoms with Crippen LogP contribution < -0.4 is 5.32 Å². The summed E-state index contributed by atoms with van der Waals surface area (Å²) in [5, 5.41) is 14.3. The van der Waals surface area contributed by atoms with Crippen molar-refractivity contribution in [2.45, 2.75) is 19.8 Å². The molecular formula is C21H17N5OS. The first-order valence-corrected chi connectivity index (χ1v) is 9.87.